The maximum Gasteiger partial charge on any atom is 0.161 e. The molecule has 0 radical (unpaired) electrons. The smallest absolute Gasteiger partial charge is 0.161 e. The lowest BCUT2D eigenvalue weighted by atomic mass is 9.89. The number of aromatic hydroxyl groups is 1. The normalized spacial score (nSPS) is 10.7. The molecule has 0 atom stereocenters. The maximum atomic E-state index is 9.60. The van der Waals surface area contributed by atoms with Crippen LogP contribution in [0, 0.1) is 13.8 Å². The van der Waals surface area contributed by atoms with E-state index in [4.69, 9.17) is 15.2 Å². The Bertz CT molecular complexity index is 1230. The van der Waals surface area contributed by atoms with Crippen LogP contribution in [-0.4, -0.2) is 12.2 Å². The average Bonchev–Trinajstić information content (AvgIpc) is 2.81. The number of phenolic OH excluding ortho intramolecular Hbond substituents is 1. The molecule has 0 bridgehead atoms. The van der Waals surface area contributed by atoms with Gasteiger partial charge < -0.3 is 20.3 Å². The van der Waals surface area contributed by atoms with Crippen LogP contribution in [0.1, 0.15) is 16.7 Å². The van der Waals surface area contributed by atoms with Crippen molar-refractivity contribution in [3.63, 3.8) is 0 Å². The number of phenols is 1. The van der Waals surface area contributed by atoms with Gasteiger partial charge in [0.25, 0.3) is 0 Å². The molecule has 4 rings (SSSR count). The Labute approximate surface area is 188 Å². The standard InChI is InChI=1S/C28H27NO3/c1-18-15-24(21-9-12-23(30)13-10-21)19(2)28(29)27(18)22-11-14-25(26(16-22)31-3)32-17-20-7-5-4-6-8-20/h4-16,30H,17,29H2,1-3H3. The van der Waals surface area contributed by atoms with E-state index in [-0.39, 0.29) is 5.75 Å². The van der Waals surface area contributed by atoms with Crippen LogP contribution in [0.15, 0.2) is 78.9 Å². The number of benzene rings is 4. The van der Waals surface area contributed by atoms with Gasteiger partial charge in [-0.2, -0.15) is 0 Å². The first kappa shape index (κ1) is 21.3. The number of aryl methyl sites for hydroxylation is 1. The number of methoxy groups -OCH3 is 1. The number of ether oxygens (including phenoxy) is 2. The molecule has 4 aromatic rings. The van der Waals surface area contributed by atoms with Gasteiger partial charge in [0.05, 0.1) is 7.11 Å². The molecule has 4 heteroatoms. The van der Waals surface area contributed by atoms with Gasteiger partial charge in [-0.25, -0.2) is 0 Å². The Hall–Kier alpha value is -3.92. The number of nitrogen functional groups attached to an aromatic ring is 1. The lowest BCUT2D eigenvalue weighted by molar-refractivity contribution is 0.284. The number of anilines is 1. The summed E-state index contributed by atoms with van der Waals surface area (Å²) in [5.41, 5.74) is 14.6. The molecule has 0 aliphatic heterocycles. The summed E-state index contributed by atoms with van der Waals surface area (Å²) in [5.74, 6) is 1.60. The van der Waals surface area contributed by atoms with Crippen LogP contribution in [-0.2, 0) is 6.61 Å². The summed E-state index contributed by atoms with van der Waals surface area (Å²) >= 11 is 0. The molecule has 162 valence electrons. The first-order valence-electron chi connectivity index (χ1n) is 10.5. The minimum absolute atomic E-state index is 0.245. The van der Waals surface area contributed by atoms with Crippen molar-refractivity contribution in [3.05, 3.63) is 95.6 Å². The fourth-order valence-corrected chi connectivity index (χ4v) is 3.94. The number of nitrogens with two attached hydrogens (primary N) is 1. The summed E-state index contributed by atoms with van der Waals surface area (Å²) in [6.07, 6.45) is 0. The van der Waals surface area contributed by atoms with E-state index >= 15 is 0 Å². The Morgan fingerprint density at radius 2 is 1.50 bits per heavy atom. The van der Waals surface area contributed by atoms with Crippen molar-refractivity contribution in [3.8, 4) is 39.5 Å². The second-order valence-electron chi connectivity index (χ2n) is 7.84. The average molecular weight is 426 g/mol. The number of rotatable bonds is 6. The minimum atomic E-state index is 0.245. The van der Waals surface area contributed by atoms with Crippen LogP contribution in [0.25, 0.3) is 22.3 Å². The Kier molecular flexibility index (Phi) is 6.04. The lowest BCUT2D eigenvalue weighted by Crippen LogP contribution is -2.01. The number of hydrogen-bond acceptors (Lipinski definition) is 4. The zero-order valence-electron chi connectivity index (χ0n) is 18.6. The molecule has 3 N–H and O–H groups in total. The van der Waals surface area contributed by atoms with E-state index < -0.39 is 0 Å². The third-order valence-electron chi connectivity index (χ3n) is 5.70. The molecule has 0 aliphatic rings. The topological polar surface area (TPSA) is 64.7 Å². The van der Waals surface area contributed by atoms with Gasteiger partial charge in [0.1, 0.15) is 12.4 Å². The molecule has 0 amide bonds. The Balaban J connectivity index is 1.68. The third-order valence-corrected chi connectivity index (χ3v) is 5.70. The van der Waals surface area contributed by atoms with Crippen molar-refractivity contribution in [1.82, 2.24) is 0 Å². The molecule has 4 aromatic carbocycles. The first-order chi connectivity index (χ1) is 15.5. The lowest BCUT2D eigenvalue weighted by Gasteiger charge is -2.18. The molecule has 0 fully saturated rings. The van der Waals surface area contributed by atoms with Crippen LogP contribution >= 0.6 is 0 Å². The molecule has 0 heterocycles. The van der Waals surface area contributed by atoms with Crippen molar-refractivity contribution in [2.24, 2.45) is 0 Å². The van der Waals surface area contributed by atoms with Crippen LogP contribution in [0.3, 0.4) is 0 Å². The highest BCUT2D eigenvalue weighted by Gasteiger charge is 2.16. The fourth-order valence-electron chi connectivity index (χ4n) is 3.94. The molecule has 0 saturated heterocycles. The SMILES string of the molecule is COc1cc(-c2c(C)cc(-c3ccc(O)cc3)c(C)c2N)ccc1OCc1ccccc1. The third kappa shape index (κ3) is 4.26. The highest BCUT2D eigenvalue weighted by Crippen LogP contribution is 2.41. The van der Waals surface area contributed by atoms with Gasteiger partial charge in [0.15, 0.2) is 11.5 Å². The van der Waals surface area contributed by atoms with Gasteiger partial charge in [0.2, 0.25) is 0 Å². The van der Waals surface area contributed by atoms with E-state index in [0.717, 1.165) is 44.6 Å². The zero-order chi connectivity index (χ0) is 22.7. The Morgan fingerprint density at radius 1 is 0.812 bits per heavy atom. The zero-order valence-corrected chi connectivity index (χ0v) is 18.6. The molecule has 0 saturated carbocycles. The van der Waals surface area contributed by atoms with Gasteiger partial charge in [-0.15, -0.1) is 0 Å². The van der Waals surface area contributed by atoms with Crippen LogP contribution in [0.5, 0.6) is 17.2 Å². The van der Waals surface area contributed by atoms with E-state index in [1.165, 1.54) is 0 Å². The molecule has 0 aromatic heterocycles. The predicted molar refractivity (Wildman–Crippen MR) is 130 cm³/mol. The van der Waals surface area contributed by atoms with E-state index in [1.54, 1.807) is 19.2 Å². The van der Waals surface area contributed by atoms with Crippen molar-refractivity contribution < 1.29 is 14.6 Å². The maximum absolute atomic E-state index is 9.60. The van der Waals surface area contributed by atoms with Crippen LogP contribution < -0.4 is 15.2 Å². The first-order valence-corrected chi connectivity index (χ1v) is 10.5. The Morgan fingerprint density at radius 3 is 2.19 bits per heavy atom. The minimum Gasteiger partial charge on any atom is -0.508 e. The summed E-state index contributed by atoms with van der Waals surface area (Å²) in [7, 11) is 1.64. The molecule has 4 nitrogen and oxygen atoms in total. The highest BCUT2D eigenvalue weighted by atomic mass is 16.5. The van der Waals surface area contributed by atoms with Gasteiger partial charge in [0, 0.05) is 11.3 Å². The second kappa shape index (κ2) is 9.06. The summed E-state index contributed by atoms with van der Waals surface area (Å²) < 4.78 is 11.6. The molecule has 0 aliphatic carbocycles. The predicted octanol–water partition coefficient (Wildman–Crippen LogP) is 6.51. The van der Waals surface area contributed by atoms with Gasteiger partial charge in [-0.05, 0) is 71.5 Å². The van der Waals surface area contributed by atoms with Crippen molar-refractivity contribution in [2.45, 2.75) is 20.5 Å². The fraction of sp³-hybridized carbons (Fsp3) is 0.143. The van der Waals surface area contributed by atoms with Crippen molar-refractivity contribution in [1.29, 1.82) is 0 Å². The largest absolute Gasteiger partial charge is 0.508 e. The van der Waals surface area contributed by atoms with Crippen LogP contribution in [0.4, 0.5) is 5.69 Å². The second-order valence-corrected chi connectivity index (χ2v) is 7.84. The van der Waals surface area contributed by atoms with Gasteiger partial charge in [-0.3, -0.25) is 0 Å². The quantitative estimate of drug-likeness (QED) is 0.346. The summed E-state index contributed by atoms with van der Waals surface area (Å²) in [6.45, 7) is 4.55. The monoisotopic (exact) mass is 425 g/mol. The van der Waals surface area contributed by atoms with E-state index in [0.29, 0.717) is 18.1 Å². The highest BCUT2D eigenvalue weighted by molar-refractivity contribution is 5.88. The molecule has 32 heavy (non-hydrogen) atoms. The van der Waals surface area contributed by atoms with Crippen molar-refractivity contribution in [2.75, 3.05) is 12.8 Å². The van der Waals surface area contributed by atoms with Crippen LogP contribution in [0.2, 0.25) is 0 Å². The van der Waals surface area contributed by atoms with E-state index in [1.807, 2.05) is 67.6 Å². The van der Waals surface area contributed by atoms with E-state index in [2.05, 4.69) is 13.0 Å². The van der Waals surface area contributed by atoms with Gasteiger partial charge in [-0.1, -0.05) is 54.6 Å². The summed E-state index contributed by atoms with van der Waals surface area (Å²) in [4.78, 5) is 0. The van der Waals surface area contributed by atoms with Gasteiger partial charge >= 0.3 is 0 Å². The molecular formula is C28H27NO3. The van der Waals surface area contributed by atoms with E-state index in [9.17, 15) is 5.11 Å². The molecule has 0 spiro atoms. The summed E-state index contributed by atoms with van der Waals surface area (Å²) in [6, 6.07) is 25.3. The van der Waals surface area contributed by atoms with Crippen molar-refractivity contribution >= 4 is 5.69 Å². The molecule has 0 unspecified atom stereocenters. The summed E-state index contributed by atoms with van der Waals surface area (Å²) in [5, 5.41) is 9.60. The molecular weight excluding hydrogens is 398 g/mol. The number of hydrogen-bond donors (Lipinski definition) is 2.